The number of sulfonamides is 1. The quantitative estimate of drug-likeness (QED) is 0.883. The minimum Gasteiger partial charge on any atom is -0.366 e. The Labute approximate surface area is 115 Å². The number of nitrogens with one attached hydrogen (secondary N) is 2. The van der Waals surface area contributed by atoms with Gasteiger partial charge in [0.15, 0.2) is 4.90 Å². The van der Waals surface area contributed by atoms with E-state index in [0.717, 1.165) is 17.8 Å². The molecule has 0 amide bonds. The maximum Gasteiger partial charge on any atom is 0.267 e. The number of H-pyrrole nitrogens is 1. The average molecular weight is 289 g/mol. The average Bonchev–Trinajstić information content (AvgIpc) is 2.41. The molecule has 1 heterocycles. The van der Waals surface area contributed by atoms with Gasteiger partial charge in [0.2, 0.25) is 5.43 Å². The molecule has 0 aliphatic rings. The second-order valence-electron chi connectivity index (χ2n) is 4.01. The van der Waals surface area contributed by atoms with Crippen LogP contribution in [0.1, 0.15) is 5.56 Å². The topological polar surface area (TPSA) is 103 Å². The molecule has 1 aromatic heterocycles. The molecule has 7 heteroatoms. The lowest BCUT2D eigenvalue weighted by Crippen LogP contribution is -2.20. The molecule has 0 spiro atoms. The molecule has 2 N–H and O–H groups in total. The van der Waals surface area contributed by atoms with Crippen molar-refractivity contribution >= 4 is 15.7 Å². The third kappa shape index (κ3) is 3.05. The van der Waals surface area contributed by atoms with E-state index < -0.39 is 15.5 Å². The van der Waals surface area contributed by atoms with Crippen LogP contribution in [0.15, 0.2) is 52.4 Å². The molecule has 0 aliphatic carbocycles. The van der Waals surface area contributed by atoms with Crippen molar-refractivity contribution in [1.29, 1.82) is 5.26 Å². The van der Waals surface area contributed by atoms with Crippen molar-refractivity contribution < 1.29 is 8.42 Å². The predicted octanol–water partition coefficient (Wildman–Crippen LogP) is 1.24. The van der Waals surface area contributed by atoms with E-state index in [2.05, 4.69) is 9.71 Å². The fourth-order valence-electron chi connectivity index (χ4n) is 1.60. The second-order valence-corrected chi connectivity index (χ2v) is 5.66. The van der Waals surface area contributed by atoms with Crippen LogP contribution >= 0.6 is 0 Å². The number of anilines is 1. The molecule has 0 fully saturated rings. The van der Waals surface area contributed by atoms with Crippen LogP contribution < -0.4 is 10.2 Å². The number of aromatic amines is 1. The van der Waals surface area contributed by atoms with Crippen LogP contribution in [0.2, 0.25) is 0 Å². The fourth-order valence-corrected chi connectivity index (χ4v) is 2.72. The summed E-state index contributed by atoms with van der Waals surface area (Å²) in [7, 11) is -3.93. The number of aromatic nitrogens is 1. The monoisotopic (exact) mass is 289 g/mol. The summed E-state index contributed by atoms with van der Waals surface area (Å²) in [5.41, 5.74) is 0.528. The Kier molecular flexibility index (Phi) is 3.86. The normalized spacial score (nSPS) is 10.8. The van der Waals surface area contributed by atoms with E-state index >= 15 is 0 Å². The van der Waals surface area contributed by atoms with Crippen LogP contribution in [0, 0.1) is 11.3 Å². The largest absolute Gasteiger partial charge is 0.366 e. The molecule has 6 nitrogen and oxygen atoms in total. The highest BCUT2D eigenvalue weighted by Crippen LogP contribution is 2.14. The third-order valence-corrected chi connectivity index (χ3v) is 3.97. The Morgan fingerprint density at radius 2 is 1.90 bits per heavy atom. The highest BCUT2D eigenvalue weighted by Gasteiger charge is 2.17. The van der Waals surface area contributed by atoms with E-state index in [1.54, 1.807) is 24.3 Å². The predicted molar refractivity (Wildman–Crippen MR) is 73.6 cm³/mol. The molecule has 1 aromatic carbocycles. The van der Waals surface area contributed by atoms with Crippen LogP contribution in [0.25, 0.3) is 0 Å². The zero-order valence-corrected chi connectivity index (χ0v) is 11.1. The summed E-state index contributed by atoms with van der Waals surface area (Å²) in [6.45, 7) is 0. The van der Waals surface area contributed by atoms with Crippen molar-refractivity contribution in [2.45, 2.75) is 11.3 Å². The van der Waals surface area contributed by atoms with Gasteiger partial charge in [-0.1, -0.05) is 12.1 Å². The summed E-state index contributed by atoms with van der Waals surface area (Å²) < 4.78 is 26.4. The van der Waals surface area contributed by atoms with Gasteiger partial charge in [-0.2, -0.15) is 5.26 Å². The molecule has 102 valence electrons. The summed E-state index contributed by atoms with van der Waals surface area (Å²) in [6, 6.07) is 9.53. The van der Waals surface area contributed by atoms with Crippen LogP contribution in [0.4, 0.5) is 5.69 Å². The first-order valence-electron chi connectivity index (χ1n) is 5.69. The molecular formula is C13H11N3O3S. The van der Waals surface area contributed by atoms with Gasteiger partial charge in [-0.25, -0.2) is 8.42 Å². The minimum absolute atomic E-state index is 0.255. The van der Waals surface area contributed by atoms with Crippen molar-refractivity contribution in [2.24, 2.45) is 0 Å². The van der Waals surface area contributed by atoms with Crippen molar-refractivity contribution in [2.75, 3.05) is 4.72 Å². The van der Waals surface area contributed by atoms with Gasteiger partial charge in [0, 0.05) is 24.1 Å². The third-order valence-electron chi connectivity index (χ3n) is 2.57. The highest BCUT2D eigenvalue weighted by molar-refractivity contribution is 7.92. The fraction of sp³-hybridized carbons (Fsp3) is 0.0769. The SMILES string of the molecule is N#CCc1ccc(NS(=O)(=O)c2c[nH]ccc2=O)cc1. The Hall–Kier alpha value is -2.59. The summed E-state index contributed by atoms with van der Waals surface area (Å²) in [4.78, 5) is 13.7. The lowest BCUT2D eigenvalue weighted by Gasteiger charge is -2.07. The molecule has 0 bridgehead atoms. The molecule has 0 saturated carbocycles. The standard InChI is InChI=1S/C13H11N3O3S/c14-7-5-10-1-3-11(4-2-10)16-20(18,19)13-9-15-8-6-12(13)17/h1-4,6,8-9,16H,5H2,(H,15,17). The lowest BCUT2D eigenvalue weighted by molar-refractivity contribution is 0.600. The number of hydrogen-bond donors (Lipinski definition) is 2. The molecule has 20 heavy (non-hydrogen) atoms. The minimum atomic E-state index is -3.93. The molecule has 0 saturated heterocycles. The summed E-state index contributed by atoms with van der Waals surface area (Å²) in [5.74, 6) is 0. The first-order valence-corrected chi connectivity index (χ1v) is 7.17. The van der Waals surface area contributed by atoms with E-state index in [4.69, 9.17) is 5.26 Å². The molecule has 0 aliphatic heterocycles. The molecule has 2 aromatic rings. The van der Waals surface area contributed by atoms with Gasteiger partial charge in [-0.3, -0.25) is 9.52 Å². The molecule has 0 radical (unpaired) electrons. The first kappa shape index (κ1) is 13.8. The zero-order chi connectivity index (χ0) is 14.6. The lowest BCUT2D eigenvalue weighted by atomic mass is 10.1. The number of benzene rings is 1. The van der Waals surface area contributed by atoms with E-state index in [-0.39, 0.29) is 11.3 Å². The van der Waals surface area contributed by atoms with Gasteiger partial charge in [-0.15, -0.1) is 0 Å². The maximum absolute atomic E-state index is 12.0. The van der Waals surface area contributed by atoms with Gasteiger partial charge in [-0.05, 0) is 17.7 Å². The van der Waals surface area contributed by atoms with Crippen LogP contribution in [-0.4, -0.2) is 13.4 Å². The van der Waals surface area contributed by atoms with E-state index in [1.165, 1.54) is 6.20 Å². The van der Waals surface area contributed by atoms with E-state index in [9.17, 15) is 13.2 Å². The van der Waals surface area contributed by atoms with E-state index in [1.807, 2.05) is 6.07 Å². The summed E-state index contributed by atoms with van der Waals surface area (Å²) in [6.07, 6.45) is 2.75. The summed E-state index contributed by atoms with van der Waals surface area (Å²) in [5, 5.41) is 8.55. The number of rotatable bonds is 4. The van der Waals surface area contributed by atoms with Gasteiger partial charge in [0.25, 0.3) is 10.0 Å². The number of nitriles is 1. The summed E-state index contributed by atoms with van der Waals surface area (Å²) >= 11 is 0. The first-order chi connectivity index (χ1) is 9.53. The Morgan fingerprint density at radius 1 is 1.20 bits per heavy atom. The number of pyridine rings is 1. The maximum atomic E-state index is 12.0. The Morgan fingerprint density at radius 3 is 2.50 bits per heavy atom. The van der Waals surface area contributed by atoms with Crippen molar-refractivity contribution in [3.63, 3.8) is 0 Å². The zero-order valence-electron chi connectivity index (χ0n) is 10.3. The Balaban J connectivity index is 2.27. The van der Waals surface area contributed by atoms with Crippen molar-refractivity contribution in [3.8, 4) is 6.07 Å². The molecular weight excluding hydrogens is 278 g/mol. The molecule has 0 unspecified atom stereocenters. The second kappa shape index (κ2) is 5.59. The van der Waals surface area contributed by atoms with Crippen molar-refractivity contribution in [1.82, 2.24) is 4.98 Å². The van der Waals surface area contributed by atoms with Crippen LogP contribution in [0.5, 0.6) is 0 Å². The number of nitrogens with zero attached hydrogens (tertiary/aromatic N) is 1. The molecule has 2 rings (SSSR count). The highest BCUT2D eigenvalue weighted by atomic mass is 32.2. The molecule has 0 atom stereocenters. The van der Waals surface area contributed by atoms with Gasteiger partial charge >= 0.3 is 0 Å². The smallest absolute Gasteiger partial charge is 0.267 e. The Bertz CT molecular complexity index is 802. The van der Waals surface area contributed by atoms with E-state index in [0.29, 0.717) is 5.69 Å². The van der Waals surface area contributed by atoms with Gasteiger partial charge in [0.1, 0.15) is 0 Å². The van der Waals surface area contributed by atoms with Crippen LogP contribution in [-0.2, 0) is 16.4 Å². The van der Waals surface area contributed by atoms with Gasteiger partial charge in [0.05, 0.1) is 12.5 Å². The van der Waals surface area contributed by atoms with Crippen LogP contribution in [0.3, 0.4) is 0 Å². The van der Waals surface area contributed by atoms with Crippen molar-refractivity contribution in [3.05, 3.63) is 58.5 Å². The van der Waals surface area contributed by atoms with Gasteiger partial charge < -0.3 is 4.98 Å². The number of hydrogen-bond acceptors (Lipinski definition) is 4.